The number of hydrogen-bond donors (Lipinski definition) is 1. The van der Waals surface area contributed by atoms with Crippen molar-refractivity contribution in [1.29, 1.82) is 0 Å². The van der Waals surface area contributed by atoms with Gasteiger partial charge in [-0.3, -0.25) is 19.5 Å². The third kappa shape index (κ3) is 7.19. The SMILES string of the molecule is CCCCCN(CCC)CC(C)=Nc1ccc(C(=O)N2CCc3cc(C(=O)NC4CC4)sc3-c3ccccc32)cc1C. The summed E-state index contributed by atoms with van der Waals surface area (Å²) in [6.07, 6.45) is 7.70. The molecule has 7 heteroatoms. The molecule has 1 saturated carbocycles. The summed E-state index contributed by atoms with van der Waals surface area (Å²) >= 11 is 1.53. The van der Waals surface area contributed by atoms with E-state index in [2.05, 4.69) is 37.1 Å². The number of fused-ring (bicyclic) bond motifs is 3. The quantitative estimate of drug-likeness (QED) is 0.174. The van der Waals surface area contributed by atoms with Crippen LogP contribution in [0.15, 0.2) is 53.5 Å². The van der Waals surface area contributed by atoms with E-state index in [9.17, 15) is 9.59 Å². The van der Waals surface area contributed by atoms with E-state index in [1.54, 1.807) is 0 Å². The Morgan fingerprint density at radius 3 is 2.60 bits per heavy atom. The van der Waals surface area contributed by atoms with Crippen LogP contribution in [0.4, 0.5) is 11.4 Å². The molecule has 0 radical (unpaired) electrons. The van der Waals surface area contributed by atoms with E-state index in [4.69, 9.17) is 4.99 Å². The van der Waals surface area contributed by atoms with Crippen LogP contribution in [-0.4, -0.2) is 54.6 Å². The molecular formula is C35H44N4O2S. The van der Waals surface area contributed by atoms with Gasteiger partial charge in [0.25, 0.3) is 11.8 Å². The minimum atomic E-state index is -0.00954. The van der Waals surface area contributed by atoms with Crippen LogP contribution in [-0.2, 0) is 6.42 Å². The lowest BCUT2D eigenvalue weighted by Crippen LogP contribution is -2.32. The van der Waals surface area contributed by atoms with Gasteiger partial charge in [-0.15, -0.1) is 11.3 Å². The van der Waals surface area contributed by atoms with E-state index in [0.717, 1.165) is 82.4 Å². The van der Waals surface area contributed by atoms with Crippen molar-refractivity contribution < 1.29 is 9.59 Å². The van der Waals surface area contributed by atoms with Crippen LogP contribution in [0.2, 0.25) is 0 Å². The molecule has 2 aliphatic rings. The second-order valence-corrected chi connectivity index (χ2v) is 12.8. The van der Waals surface area contributed by atoms with Gasteiger partial charge in [-0.2, -0.15) is 0 Å². The highest BCUT2D eigenvalue weighted by Crippen LogP contribution is 2.42. The van der Waals surface area contributed by atoms with Crippen LogP contribution in [0.25, 0.3) is 10.4 Å². The molecule has 222 valence electrons. The molecule has 2 amide bonds. The molecule has 0 saturated heterocycles. The molecule has 42 heavy (non-hydrogen) atoms. The molecule has 6 nitrogen and oxygen atoms in total. The Bertz CT molecular complexity index is 1450. The highest BCUT2D eigenvalue weighted by atomic mass is 32.1. The number of unbranched alkanes of at least 4 members (excludes halogenated alkanes) is 2. The van der Waals surface area contributed by atoms with Gasteiger partial charge in [-0.05, 0) is 100 Å². The maximum atomic E-state index is 13.9. The predicted molar refractivity (Wildman–Crippen MR) is 176 cm³/mol. The standard InChI is InChI=1S/C35H44N4O2S/c1-5-7-10-19-38(18-6-2)23-25(4)36-30-16-13-27(21-24(30)3)35(41)39-20-17-26-22-32(34(40)37-28-14-15-28)42-33(26)29-11-8-9-12-31(29)39/h8-9,11-13,16,21-22,28H,5-7,10,14-15,17-20,23H2,1-4H3,(H,37,40). The third-order valence-electron chi connectivity index (χ3n) is 8.06. The summed E-state index contributed by atoms with van der Waals surface area (Å²) in [6, 6.07) is 16.3. The van der Waals surface area contributed by atoms with Gasteiger partial charge in [-0.25, -0.2) is 0 Å². The summed E-state index contributed by atoms with van der Waals surface area (Å²) < 4.78 is 0. The minimum Gasteiger partial charge on any atom is -0.349 e. The molecule has 0 bridgehead atoms. The Balaban J connectivity index is 1.33. The monoisotopic (exact) mass is 584 g/mol. The van der Waals surface area contributed by atoms with E-state index >= 15 is 0 Å². The van der Waals surface area contributed by atoms with Crippen molar-refractivity contribution in [3.05, 3.63) is 70.1 Å². The molecule has 1 fully saturated rings. The van der Waals surface area contributed by atoms with E-state index < -0.39 is 0 Å². The summed E-state index contributed by atoms with van der Waals surface area (Å²) in [5.41, 5.74) is 6.73. The van der Waals surface area contributed by atoms with Crippen LogP contribution in [0.5, 0.6) is 0 Å². The first kappa shape index (κ1) is 30.2. The van der Waals surface area contributed by atoms with E-state index in [-0.39, 0.29) is 11.8 Å². The largest absolute Gasteiger partial charge is 0.349 e. The second-order valence-electron chi connectivity index (χ2n) is 11.8. The first-order valence-electron chi connectivity index (χ1n) is 15.6. The van der Waals surface area contributed by atoms with Crippen molar-refractivity contribution in [1.82, 2.24) is 10.2 Å². The van der Waals surface area contributed by atoms with Crippen LogP contribution in [0, 0.1) is 6.92 Å². The average Bonchev–Trinajstić information content (AvgIpc) is 3.72. The number of thiophene rings is 1. The topological polar surface area (TPSA) is 65.0 Å². The van der Waals surface area contributed by atoms with Gasteiger partial charge in [0, 0.05) is 40.8 Å². The fourth-order valence-corrected chi connectivity index (χ4v) is 6.86. The van der Waals surface area contributed by atoms with Crippen molar-refractivity contribution in [2.24, 2.45) is 4.99 Å². The Morgan fingerprint density at radius 2 is 1.86 bits per heavy atom. The molecule has 1 aliphatic carbocycles. The number of nitrogens with one attached hydrogen (secondary N) is 1. The predicted octanol–water partition coefficient (Wildman–Crippen LogP) is 7.81. The Hall–Kier alpha value is -3.29. The minimum absolute atomic E-state index is 0.00954. The number of aryl methyl sites for hydroxylation is 1. The molecule has 0 spiro atoms. The molecule has 5 rings (SSSR count). The lowest BCUT2D eigenvalue weighted by molar-refractivity contribution is 0.0953. The molecule has 2 heterocycles. The fourth-order valence-electron chi connectivity index (χ4n) is 5.71. The van der Waals surface area contributed by atoms with E-state index in [1.807, 2.05) is 54.3 Å². The van der Waals surface area contributed by atoms with E-state index in [0.29, 0.717) is 24.6 Å². The smallest absolute Gasteiger partial charge is 0.261 e. The number of carbonyl (C=O) groups excluding carboxylic acids is 2. The molecule has 1 aliphatic heterocycles. The molecule has 1 N–H and O–H groups in total. The number of amides is 2. The molecule has 3 aromatic rings. The zero-order valence-corrected chi connectivity index (χ0v) is 26.4. The van der Waals surface area contributed by atoms with Gasteiger partial charge in [0.1, 0.15) is 0 Å². The van der Waals surface area contributed by atoms with Gasteiger partial charge >= 0.3 is 0 Å². The van der Waals surface area contributed by atoms with Crippen molar-refractivity contribution in [2.75, 3.05) is 31.1 Å². The lowest BCUT2D eigenvalue weighted by atomic mass is 10.1. The van der Waals surface area contributed by atoms with Crippen LogP contribution in [0.1, 0.15) is 90.5 Å². The van der Waals surface area contributed by atoms with Gasteiger partial charge in [-0.1, -0.05) is 44.9 Å². The van der Waals surface area contributed by atoms with Gasteiger partial charge in [0.05, 0.1) is 16.3 Å². The van der Waals surface area contributed by atoms with Crippen molar-refractivity contribution in [2.45, 2.75) is 78.7 Å². The Labute approximate surface area is 254 Å². The summed E-state index contributed by atoms with van der Waals surface area (Å²) in [7, 11) is 0. The van der Waals surface area contributed by atoms with Crippen LogP contribution in [0.3, 0.4) is 0 Å². The van der Waals surface area contributed by atoms with Crippen molar-refractivity contribution in [3.63, 3.8) is 0 Å². The lowest BCUT2D eigenvalue weighted by Gasteiger charge is -2.23. The highest BCUT2D eigenvalue weighted by molar-refractivity contribution is 7.17. The highest BCUT2D eigenvalue weighted by Gasteiger charge is 2.29. The van der Waals surface area contributed by atoms with Crippen molar-refractivity contribution >= 4 is 40.2 Å². The molecule has 1 aromatic heterocycles. The molecular weight excluding hydrogens is 540 g/mol. The second kappa shape index (κ2) is 13.8. The normalized spacial score (nSPS) is 14.9. The number of carbonyl (C=O) groups is 2. The number of nitrogens with zero attached hydrogens (tertiary/aromatic N) is 3. The van der Waals surface area contributed by atoms with Gasteiger partial charge in [0.15, 0.2) is 0 Å². The molecule has 0 atom stereocenters. The average molecular weight is 585 g/mol. The summed E-state index contributed by atoms with van der Waals surface area (Å²) in [5, 5.41) is 3.11. The number of anilines is 1. The maximum Gasteiger partial charge on any atom is 0.261 e. The zero-order valence-electron chi connectivity index (χ0n) is 25.5. The maximum absolute atomic E-state index is 13.9. The Morgan fingerprint density at radius 1 is 1.05 bits per heavy atom. The van der Waals surface area contributed by atoms with Gasteiger partial charge in [0.2, 0.25) is 0 Å². The number of aliphatic imine (C=N–C) groups is 1. The zero-order chi connectivity index (χ0) is 29.6. The first-order valence-corrected chi connectivity index (χ1v) is 16.4. The third-order valence-corrected chi connectivity index (χ3v) is 9.27. The van der Waals surface area contributed by atoms with Crippen LogP contribution >= 0.6 is 11.3 Å². The van der Waals surface area contributed by atoms with Crippen molar-refractivity contribution in [3.8, 4) is 10.4 Å². The van der Waals surface area contributed by atoms with Crippen LogP contribution < -0.4 is 10.2 Å². The number of rotatable bonds is 12. The van der Waals surface area contributed by atoms with E-state index in [1.165, 1.54) is 30.6 Å². The molecule has 2 aromatic carbocycles. The number of para-hydroxylation sites is 1. The number of benzene rings is 2. The van der Waals surface area contributed by atoms with Gasteiger partial charge < -0.3 is 10.2 Å². The molecule has 0 unspecified atom stereocenters. The summed E-state index contributed by atoms with van der Waals surface area (Å²) in [6.45, 7) is 12.2. The first-order chi connectivity index (χ1) is 20.4. The summed E-state index contributed by atoms with van der Waals surface area (Å²) in [5.74, 6) is 0.00807. The number of hydrogen-bond acceptors (Lipinski definition) is 5. The summed E-state index contributed by atoms with van der Waals surface area (Å²) in [4.78, 5) is 37.9. The Kier molecular flexibility index (Phi) is 9.91. The fraction of sp³-hybridized carbons (Fsp3) is 0.457.